The first kappa shape index (κ1) is 18.2. The number of nitrogens with zero attached hydrogens (tertiary/aromatic N) is 4. The monoisotopic (exact) mass is 370 g/mol. The van der Waals surface area contributed by atoms with Crippen LogP contribution in [0.5, 0.6) is 0 Å². The highest BCUT2D eigenvalue weighted by Crippen LogP contribution is 2.40. The summed E-state index contributed by atoms with van der Waals surface area (Å²) in [7, 11) is 0. The largest absolute Gasteiger partial charge is 0.338 e. The molecular weight excluding hydrogens is 343 g/mol. The maximum Gasteiger partial charge on any atom is 0.230 e. The summed E-state index contributed by atoms with van der Waals surface area (Å²) in [4.78, 5) is 17.5. The van der Waals surface area contributed by atoms with E-state index in [4.69, 9.17) is 0 Å². The van der Waals surface area contributed by atoms with Crippen LogP contribution in [-0.4, -0.2) is 51.7 Å². The van der Waals surface area contributed by atoms with Crippen LogP contribution in [0.2, 0.25) is 0 Å². The molecule has 0 saturated carbocycles. The van der Waals surface area contributed by atoms with Crippen LogP contribution in [0.1, 0.15) is 31.2 Å². The van der Waals surface area contributed by atoms with Crippen LogP contribution >= 0.6 is 0 Å². The molecule has 4 rings (SSSR count). The zero-order valence-electron chi connectivity index (χ0n) is 15.7. The van der Waals surface area contributed by atoms with E-state index in [0.717, 1.165) is 58.4 Å². The fourth-order valence-corrected chi connectivity index (χ4v) is 4.55. The van der Waals surface area contributed by atoms with Gasteiger partial charge in [-0.05, 0) is 50.9 Å². The van der Waals surface area contributed by atoms with Gasteiger partial charge >= 0.3 is 0 Å². The van der Waals surface area contributed by atoms with Crippen LogP contribution < -0.4 is 0 Å². The van der Waals surface area contributed by atoms with Gasteiger partial charge in [-0.25, -0.2) is 4.39 Å². The molecule has 1 aromatic heterocycles. The molecule has 1 atom stereocenters. The quantitative estimate of drug-likeness (QED) is 0.785. The Morgan fingerprint density at radius 3 is 2.81 bits per heavy atom. The Morgan fingerprint density at radius 1 is 1.11 bits per heavy atom. The number of rotatable bonds is 6. The molecule has 0 aliphatic carbocycles. The Hall–Kier alpha value is -2.21. The summed E-state index contributed by atoms with van der Waals surface area (Å²) in [6.07, 6.45) is 7.69. The number of carbonyl (C=O) groups excluding carboxylic acids is 1. The van der Waals surface area contributed by atoms with Gasteiger partial charge in [-0.2, -0.15) is 5.10 Å². The molecule has 2 fully saturated rings. The average molecular weight is 370 g/mol. The Balaban J connectivity index is 1.35. The SMILES string of the molecule is O=C1N(Cc2ccccc2F)CCC[C@@]12CCN(CCCn1cccn1)C2. The molecule has 1 aromatic carbocycles. The maximum absolute atomic E-state index is 14.0. The molecule has 1 amide bonds. The lowest BCUT2D eigenvalue weighted by molar-refractivity contribution is -0.146. The van der Waals surface area contributed by atoms with E-state index in [1.54, 1.807) is 18.3 Å². The minimum atomic E-state index is -0.269. The van der Waals surface area contributed by atoms with Crippen LogP contribution in [-0.2, 0) is 17.9 Å². The molecular formula is C21H27FN4O. The Labute approximate surface area is 159 Å². The van der Waals surface area contributed by atoms with Crippen LogP contribution in [0.25, 0.3) is 0 Å². The number of hydrogen-bond donors (Lipinski definition) is 0. The van der Waals surface area contributed by atoms with E-state index in [1.165, 1.54) is 6.07 Å². The van der Waals surface area contributed by atoms with Crippen molar-refractivity contribution in [2.24, 2.45) is 5.41 Å². The number of likely N-dealkylation sites (tertiary alicyclic amines) is 2. The van der Waals surface area contributed by atoms with Gasteiger partial charge in [0.2, 0.25) is 5.91 Å². The van der Waals surface area contributed by atoms with E-state index in [1.807, 2.05) is 27.9 Å². The first-order valence-electron chi connectivity index (χ1n) is 9.89. The summed E-state index contributed by atoms with van der Waals surface area (Å²) in [5.74, 6) is -0.0110. The molecule has 0 unspecified atom stereocenters. The Kier molecular flexibility index (Phi) is 5.25. The second kappa shape index (κ2) is 7.80. The van der Waals surface area contributed by atoms with Crippen molar-refractivity contribution in [2.45, 2.75) is 38.8 Å². The summed E-state index contributed by atoms with van der Waals surface area (Å²) in [6, 6.07) is 8.71. The lowest BCUT2D eigenvalue weighted by Gasteiger charge is -2.39. The van der Waals surface area contributed by atoms with Crippen LogP contribution in [0, 0.1) is 11.2 Å². The lowest BCUT2D eigenvalue weighted by atomic mass is 9.78. The van der Waals surface area contributed by atoms with Crippen LogP contribution in [0.4, 0.5) is 4.39 Å². The molecule has 2 aliphatic heterocycles. The third kappa shape index (κ3) is 3.90. The topological polar surface area (TPSA) is 41.4 Å². The van der Waals surface area contributed by atoms with Gasteiger partial charge in [0, 0.05) is 44.1 Å². The minimum Gasteiger partial charge on any atom is -0.338 e. The average Bonchev–Trinajstić information content (AvgIpc) is 3.32. The second-order valence-electron chi connectivity index (χ2n) is 7.85. The van der Waals surface area contributed by atoms with Crippen molar-refractivity contribution >= 4 is 5.91 Å². The summed E-state index contributed by atoms with van der Waals surface area (Å²) in [5.41, 5.74) is 0.340. The summed E-state index contributed by atoms with van der Waals surface area (Å²) < 4.78 is 16.0. The number of carbonyl (C=O) groups is 1. The summed E-state index contributed by atoms with van der Waals surface area (Å²) >= 11 is 0. The second-order valence-corrected chi connectivity index (χ2v) is 7.85. The van der Waals surface area contributed by atoms with Gasteiger partial charge < -0.3 is 9.80 Å². The van der Waals surface area contributed by atoms with E-state index in [9.17, 15) is 9.18 Å². The Bertz CT molecular complexity index is 778. The fourth-order valence-electron chi connectivity index (χ4n) is 4.55. The maximum atomic E-state index is 14.0. The van der Waals surface area contributed by atoms with E-state index in [2.05, 4.69) is 10.00 Å². The molecule has 0 bridgehead atoms. The van der Waals surface area contributed by atoms with Crippen molar-refractivity contribution in [3.05, 3.63) is 54.1 Å². The zero-order valence-corrected chi connectivity index (χ0v) is 15.7. The third-order valence-corrected chi connectivity index (χ3v) is 6.00. The van der Waals surface area contributed by atoms with Crippen LogP contribution in [0.15, 0.2) is 42.7 Å². The molecule has 2 saturated heterocycles. The molecule has 3 heterocycles. The molecule has 0 N–H and O–H groups in total. The van der Waals surface area contributed by atoms with Gasteiger partial charge in [0.15, 0.2) is 0 Å². The first-order chi connectivity index (χ1) is 13.2. The van der Waals surface area contributed by atoms with Gasteiger partial charge in [0.25, 0.3) is 0 Å². The fraction of sp³-hybridized carbons (Fsp3) is 0.524. The number of benzene rings is 1. The van der Waals surface area contributed by atoms with Crippen molar-refractivity contribution in [3.63, 3.8) is 0 Å². The number of amides is 1. The zero-order chi connectivity index (χ0) is 18.7. The predicted molar refractivity (Wildman–Crippen MR) is 101 cm³/mol. The predicted octanol–water partition coefficient (Wildman–Crippen LogP) is 2.93. The molecule has 27 heavy (non-hydrogen) atoms. The van der Waals surface area contributed by atoms with E-state index in [-0.39, 0.29) is 17.1 Å². The highest BCUT2D eigenvalue weighted by atomic mass is 19.1. The smallest absolute Gasteiger partial charge is 0.230 e. The number of halogens is 1. The number of piperidine rings is 1. The highest BCUT2D eigenvalue weighted by Gasteiger charge is 2.48. The molecule has 6 heteroatoms. The van der Waals surface area contributed by atoms with Crippen molar-refractivity contribution < 1.29 is 9.18 Å². The molecule has 5 nitrogen and oxygen atoms in total. The minimum absolute atomic E-state index is 0.214. The number of aryl methyl sites for hydroxylation is 1. The van der Waals surface area contributed by atoms with Crippen molar-refractivity contribution in [1.82, 2.24) is 19.6 Å². The molecule has 2 aromatic rings. The highest BCUT2D eigenvalue weighted by molar-refractivity contribution is 5.84. The van der Waals surface area contributed by atoms with Gasteiger partial charge in [-0.1, -0.05) is 18.2 Å². The van der Waals surface area contributed by atoms with Crippen molar-refractivity contribution in [1.29, 1.82) is 0 Å². The third-order valence-electron chi connectivity index (χ3n) is 6.00. The lowest BCUT2D eigenvalue weighted by Crippen LogP contribution is -2.49. The number of aromatic nitrogens is 2. The Morgan fingerprint density at radius 2 is 2.00 bits per heavy atom. The van der Waals surface area contributed by atoms with Gasteiger partial charge in [0.1, 0.15) is 5.82 Å². The van der Waals surface area contributed by atoms with Gasteiger partial charge in [-0.3, -0.25) is 9.48 Å². The summed E-state index contributed by atoms with van der Waals surface area (Å²) in [5, 5.41) is 4.24. The van der Waals surface area contributed by atoms with E-state index < -0.39 is 0 Å². The normalized spacial score (nSPS) is 23.4. The number of hydrogen-bond acceptors (Lipinski definition) is 3. The van der Waals surface area contributed by atoms with Crippen LogP contribution in [0.3, 0.4) is 0 Å². The molecule has 1 spiro atoms. The molecule has 144 valence electrons. The first-order valence-corrected chi connectivity index (χ1v) is 9.89. The van der Waals surface area contributed by atoms with Crippen molar-refractivity contribution in [2.75, 3.05) is 26.2 Å². The van der Waals surface area contributed by atoms with E-state index >= 15 is 0 Å². The summed E-state index contributed by atoms with van der Waals surface area (Å²) in [6.45, 7) is 4.81. The molecule has 2 aliphatic rings. The van der Waals surface area contributed by atoms with Gasteiger partial charge in [0.05, 0.1) is 5.41 Å². The standard InChI is InChI=1S/C21H27FN4O/c22-19-7-2-1-6-18(19)16-25-12-3-8-21(20(25)27)9-15-24(17-21)11-5-14-26-13-4-10-23-26/h1-2,4,6-7,10,13H,3,5,8-9,11-12,14-17H2/t21-/m0/s1. The van der Waals surface area contributed by atoms with E-state index in [0.29, 0.717) is 12.1 Å². The van der Waals surface area contributed by atoms with Crippen molar-refractivity contribution in [3.8, 4) is 0 Å². The molecule has 0 radical (unpaired) electrons. The van der Waals surface area contributed by atoms with Gasteiger partial charge in [-0.15, -0.1) is 0 Å².